The van der Waals surface area contributed by atoms with Crippen molar-refractivity contribution in [2.24, 2.45) is 0 Å². The van der Waals surface area contributed by atoms with E-state index in [1.807, 2.05) is 0 Å². The molecule has 1 aliphatic heterocycles. The fourth-order valence-electron chi connectivity index (χ4n) is 3.32. The second-order valence-corrected chi connectivity index (χ2v) is 6.28. The smallest absolute Gasteiger partial charge is 0.264 e. The Hall–Kier alpha value is -2.09. The van der Waals surface area contributed by atoms with Gasteiger partial charge in [-0.3, -0.25) is 4.58 Å². The van der Waals surface area contributed by atoms with Crippen molar-refractivity contribution < 1.29 is 4.58 Å². The van der Waals surface area contributed by atoms with Crippen LogP contribution in [-0.2, 0) is 0 Å². The van der Waals surface area contributed by atoms with Gasteiger partial charge in [0.15, 0.2) is 0 Å². The number of anilines is 1. The van der Waals surface area contributed by atoms with Crippen LogP contribution in [0.25, 0.3) is 0 Å². The maximum atomic E-state index is 2.49. The van der Waals surface area contributed by atoms with Gasteiger partial charge in [0.05, 0.1) is 25.7 Å². The van der Waals surface area contributed by atoms with Gasteiger partial charge in [-0.05, 0) is 49.6 Å². The summed E-state index contributed by atoms with van der Waals surface area (Å²) >= 11 is 0. The minimum absolute atomic E-state index is 1.08. The zero-order valence-electron chi connectivity index (χ0n) is 14.1. The second-order valence-electron chi connectivity index (χ2n) is 6.28. The highest BCUT2D eigenvalue weighted by molar-refractivity contribution is 6.08. The monoisotopic (exact) mass is 293 g/mol. The molecular weight excluding hydrogens is 268 g/mol. The summed E-state index contributed by atoms with van der Waals surface area (Å²) in [5.74, 6) is 1.33. The molecule has 0 aliphatic carbocycles. The number of amidine groups is 1. The second kappa shape index (κ2) is 5.96. The van der Waals surface area contributed by atoms with E-state index >= 15 is 0 Å². The van der Waals surface area contributed by atoms with Gasteiger partial charge in [0, 0.05) is 6.42 Å². The number of hydrogen-bond donors (Lipinski definition) is 0. The van der Waals surface area contributed by atoms with E-state index in [4.69, 9.17) is 0 Å². The van der Waals surface area contributed by atoms with E-state index < -0.39 is 0 Å². The first-order valence-electron chi connectivity index (χ1n) is 8.07. The van der Waals surface area contributed by atoms with E-state index in [1.54, 1.807) is 0 Å². The van der Waals surface area contributed by atoms with Crippen LogP contribution in [0.5, 0.6) is 0 Å². The predicted molar refractivity (Wildman–Crippen MR) is 94.2 cm³/mol. The summed E-state index contributed by atoms with van der Waals surface area (Å²) in [5, 5.41) is 0. The summed E-state index contributed by atoms with van der Waals surface area (Å²) in [5.41, 5.74) is 6.75. The van der Waals surface area contributed by atoms with Crippen molar-refractivity contribution in [2.75, 3.05) is 25.0 Å². The molecule has 114 valence electrons. The molecule has 2 heteroatoms. The quantitative estimate of drug-likeness (QED) is 0.761. The molecule has 0 spiro atoms. The van der Waals surface area contributed by atoms with E-state index in [-0.39, 0.29) is 0 Å². The van der Waals surface area contributed by atoms with Crippen molar-refractivity contribution in [1.29, 1.82) is 0 Å². The third-order valence-electron chi connectivity index (χ3n) is 4.75. The molecule has 22 heavy (non-hydrogen) atoms. The van der Waals surface area contributed by atoms with Gasteiger partial charge in [-0.25, -0.2) is 4.90 Å². The lowest BCUT2D eigenvalue weighted by molar-refractivity contribution is -0.501. The van der Waals surface area contributed by atoms with Crippen LogP contribution in [0.4, 0.5) is 5.69 Å². The molecule has 0 N–H and O–H groups in total. The molecule has 2 aromatic rings. The maximum absolute atomic E-state index is 2.49. The van der Waals surface area contributed by atoms with Gasteiger partial charge < -0.3 is 0 Å². The molecule has 0 saturated carbocycles. The van der Waals surface area contributed by atoms with Crippen LogP contribution in [0.3, 0.4) is 0 Å². The molecule has 0 atom stereocenters. The van der Waals surface area contributed by atoms with Crippen molar-refractivity contribution in [2.45, 2.75) is 27.2 Å². The first-order chi connectivity index (χ1) is 10.6. The van der Waals surface area contributed by atoms with E-state index in [0.717, 1.165) is 13.1 Å². The van der Waals surface area contributed by atoms with Crippen molar-refractivity contribution in [3.8, 4) is 0 Å². The predicted octanol–water partition coefficient (Wildman–Crippen LogP) is 3.91. The van der Waals surface area contributed by atoms with Crippen LogP contribution in [0.1, 0.15) is 28.7 Å². The number of benzene rings is 2. The average Bonchev–Trinajstić information content (AvgIpc) is 2.51. The summed E-state index contributed by atoms with van der Waals surface area (Å²) in [6.07, 6.45) is 1.19. The van der Waals surface area contributed by atoms with Crippen molar-refractivity contribution in [3.63, 3.8) is 0 Å². The van der Waals surface area contributed by atoms with E-state index in [1.165, 1.54) is 40.2 Å². The third-order valence-corrected chi connectivity index (χ3v) is 4.75. The van der Waals surface area contributed by atoms with Crippen molar-refractivity contribution in [1.82, 2.24) is 0 Å². The number of nitrogens with zero attached hydrogens (tertiary/aromatic N) is 2. The summed E-state index contributed by atoms with van der Waals surface area (Å²) in [4.78, 5) is 2.49. The summed E-state index contributed by atoms with van der Waals surface area (Å²) in [6, 6.07) is 15.3. The molecule has 3 rings (SSSR count). The summed E-state index contributed by atoms with van der Waals surface area (Å²) in [6.45, 7) is 8.82. The topological polar surface area (TPSA) is 6.25 Å². The van der Waals surface area contributed by atoms with Gasteiger partial charge in [0.25, 0.3) is 5.84 Å². The highest BCUT2D eigenvalue weighted by atomic mass is 15.3. The van der Waals surface area contributed by atoms with Gasteiger partial charge in [0.2, 0.25) is 0 Å². The van der Waals surface area contributed by atoms with Crippen LogP contribution in [0, 0.1) is 20.8 Å². The lowest BCUT2D eigenvalue weighted by Crippen LogP contribution is -2.44. The number of rotatable bonds is 2. The molecule has 1 heterocycles. The molecule has 0 unspecified atom stereocenters. The van der Waals surface area contributed by atoms with Gasteiger partial charge in [-0.1, -0.05) is 30.3 Å². The van der Waals surface area contributed by atoms with Gasteiger partial charge in [0.1, 0.15) is 5.69 Å². The van der Waals surface area contributed by atoms with Crippen molar-refractivity contribution >= 4 is 11.5 Å². The van der Waals surface area contributed by atoms with E-state index in [2.05, 4.69) is 79.8 Å². The van der Waals surface area contributed by atoms with E-state index in [0.29, 0.717) is 0 Å². The van der Waals surface area contributed by atoms with Gasteiger partial charge >= 0.3 is 0 Å². The lowest BCUT2D eigenvalue weighted by atomic mass is 10.0. The third kappa shape index (κ3) is 2.54. The molecule has 2 nitrogen and oxygen atoms in total. The highest BCUT2D eigenvalue weighted by Crippen LogP contribution is 2.27. The van der Waals surface area contributed by atoms with Crippen LogP contribution in [0.2, 0.25) is 0 Å². The summed E-state index contributed by atoms with van der Waals surface area (Å²) < 4.78 is 2.40. The Morgan fingerprint density at radius 2 is 1.64 bits per heavy atom. The SMILES string of the molecule is Cc1ccccc1C1=[N+](C)CCCN1c1cccc(C)c1C. The Bertz CT molecular complexity index is 728. The van der Waals surface area contributed by atoms with Gasteiger partial charge in [-0.2, -0.15) is 0 Å². The standard InChI is InChI=1S/C20H25N2/c1-15-10-7-12-19(17(15)3)22-14-8-13-21(4)20(22)18-11-6-5-9-16(18)2/h5-7,9-12H,8,13-14H2,1-4H3/q+1. The minimum atomic E-state index is 1.08. The first-order valence-corrected chi connectivity index (χ1v) is 8.07. The molecule has 0 bridgehead atoms. The van der Waals surface area contributed by atoms with Crippen LogP contribution in [0.15, 0.2) is 42.5 Å². The Balaban J connectivity index is 2.16. The van der Waals surface area contributed by atoms with Crippen molar-refractivity contribution in [3.05, 3.63) is 64.7 Å². The van der Waals surface area contributed by atoms with E-state index in [9.17, 15) is 0 Å². The summed E-state index contributed by atoms with van der Waals surface area (Å²) in [7, 11) is 2.21. The largest absolute Gasteiger partial charge is 0.284 e. The molecular formula is C20H25N2+. The van der Waals surface area contributed by atoms with Gasteiger partial charge in [-0.15, -0.1) is 0 Å². The molecule has 0 amide bonds. The Morgan fingerprint density at radius 3 is 2.41 bits per heavy atom. The highest BCUT2D eigenvalue weighted by Gasteiger charge is 2.31. The zero-order chi connectivity index (χ0) is 15.7. The minimum Gasteiger partial charge on any atom is -0.264 e. The molecule has 0 fully saturated rings. The van der Waals surface area contributed by atoms with Crippen LogP contribution in [-0.4, -0.2) is 30.5 Å². The fourth-order valence-corrected chi connectivity index (χ4v) is 3.32. The maximum Gasteiger partial charge on any atom is 0.284 e. The first kappa shape index (κ1) is 14.8. The Kier molecular flexibility index (Phi) is 4.02. The zero-order valence-corrected chi connectivity index (χ0v) is 14.1. The molecule has 0 saturated heterocycles. The lowest BCUT2D eigenvalue weighted by Gasteiger charge is -2.27. The van der Waals surface area contributed by atoms with Crippen LogP contribution < -0.4 is 4.90 Å². The molecule has 2 aromatic carbocycles. The normalized spacial score (nSPS) is 15.4. The fraction of sp³-hybridized carbons (Fsp3) is 0.350. The molecule has 0 radical (unpaired) electrons. The average molecular weight is 293 g/mol. The Morgan fingerprint density at radius 1 is 0.909 bits per heavy atom. The Labute approximate surface area is 133 Å². The molecule has 1 aliphatic rings. The number of aryl methyl sites for hydroxylation is 2. The van der Waals surface area contributed by atoms with Crippen LogP contribution >= 0.6 is 0 Å². The molecule has 0 aromatic heterocycles. The number of hydrogen-bond acceptors (Lipinski definition) is 1.